The van der Waals surface area contributed by atoms with Crippen LogP contribution in [0.15, 0.2) is 72.2 Å². The van der Waals surface area contributed by atoms with Gasteiger partial charge >= 0.3 is 5.97 Å². The van der Waals surface area contributed by atoms with Gasteiger partial charge in [-0.1, -0.05) is 41.9 Å². The van der Waals surface area contributed by atoms with Crippen LogP contribution in [0.25, 0.3) is 0 Å². The maximum absolute atomic E-state index is 13.5. The molecule has 0 spiro atoms. The lowest BCUT2D eigenvalue weighted by atomic mass is 9.89. The highest BCUT2D eigenvalue weighted by Crippen LogP contribution is 2.37. The molecule has 2 heterocycles. The number of nitrogens with one attached hydrogen (secondary N) is 1. The summed E-state index contributed by atoms with van der Waals surface area (Å²) in [5.41, 5.74) is 1.49. The SMILES string of the molecule is COC(=O)C1=C(C(=O)c2ccc(Cl)cc2)C(c2ccccc2)n2cnnc2N1. The van der Waals surface area contributed by atoms with Crippen LogP contribution >= 0.6 is 11.6 Å². The summed E-state index contributed by atoms with van der Waals surface area (Å²) in [6, 6.07) is 15.3. The number of halogens is 1. The summed E-state index contributed by atoms with van der Waals surface area (Å²) in [6.45, 7) is 0. The molecule has 0 saturated heterocycles. The number of hydrogen-bond acceptors (Lipinski definition) is 6. The van der Waals surface area contributed by atoms with Crippen molar-refractivity contribution in [3.8, 4) is 0 Å². The number of Topliss-reactive ketones (excluding diaryl/α,β-unsaturated/α-hetero) is 1. The van der Waals surface area contributed by atoms with Crippen molar-refractivity contribution in [2.75, 3.05) is 12.4 Å². The number of anilines is 1. The van der Waals surface area contributed by atoms with Gasteiger partial charge < -0.3 is 10.1 Å². The zero-order valence-corrected chi connectivity index (χ0v) is 15.6. The van der Waals surface area contributed by atoms with E-state index in [1.165, 1.54) is 13.4 Å². The van der Waals surface area contributed by atoms with E-state index in [1.54, 1.807) is 28.8 Å². The number of carbonyl (C=O) groups excluding carboxylic acids is 2. The molecule has 1 unspecified atom stereocenters. The van der Waals surface area contributed by atoms with Crippen LogP contribution in [0.3, 0.4) is 0 Å². The van der Waals surface area contributed by atoms with Crippen molar-refractivity contribution in [2.24, 2.45) is 0 Å². The van der Waals surface area contributed by atoms with Crippen molar-refractivity contribution in [2.45, 2.75) is 6.04 Å². The van der Waals surface area contributed by atoms with Crippen LogP contribution in [0, 0.1) is 0 Å². The molecule has 0 radical (unpaired) electrons. The van der Waals surface area contributed by atoms with Crippen molar-refractivity contribution < 1.29 is 14.3 Å². The first-order chi connectivity index (χ1) is 13.6. The van der Waals surface area contributed by atoms with E-state index in [0.717, 1.165) is 5.56 Å². The number of hydrogen-bond donors (Lipinski definition) is 1. The Morgan fingerprint density at radius 1 is 1.11 bits per heavy atom. The molecule has 1 N–H and O–H groups in total. The largest absolute Gasteiger partial charge is 0.464 e. The lowest BCUT2D eigenvalue weighted by Gasteiger charge is -2.29. The minimum atomic E-state index is -0.660. The molecule has 0 aliphatic carbocycles. The zero-order valence-electron chi connectivity index (χ0n) is 14.8. The van der Waals surface area contributed by atoms with E-state index in [-0.39, 0.29) is 17.1 Å². The molecule has 4 rings (SSSR count). The van der Waals surface area contributed by atoms with Gasteiger partial charge in [0.25, 0.3) is 0 Å². The van der Waals surface area contributed by atoms with Gasteiger partial charge in [-0.3, -0.25) is 9.36 Å². The first-order valence-electron chi connectivity index (χ1n) is 8.44. The Kier molecular flexibility index (Phi) is 4.67. The number of ether oxygens (including phenoxy) is 1. The summed E-state index contributed by atoms with van der Waals surface area (Å²) in [4.78, 5) is 26.0. The number of carbonyl (C=O) groups is 2. The molecule has 7 nitrogen and oxygen atoms in total. The lowest BCUT2D eigenvalue weighted by molar-refractivity contribution is -0.136. The molecule has 1 aromatic heterocycles. The van der Waals surface area contributed by atoms with E-state index in [0.29, 0.717) is 16.5 Å². The fourth-order valence-electron chi connectivity index (χ4n) is 3.20. The van der Waals surface area contributed by atoms with E-state index in [4.69, 9.17) is 16.3 Å². The number of allylic oxidation sites excluding steroid dienone is 1. The molecule has 1 atom stereocenters. The third-order valence-corrected chi connectivity index (χ3v) is 4.74. The summed E-state index contributed by atoms with van der Waals surface area (Å²) in [5, 5.41) is 11.3. The van der Waals surface area contributed by atoms with Crippen LogP contribution in [-0.4, -0.2) is 33.6 Å². The van der Waals surface area contributed by atoms with Crippen LogP contribution in [0.1, 0.15) is 22.0 Å². The van der Waals surface area contributed by atoms with Crippen LogP contribution < -0.4 is 5.32 Å². The molecule has 1 aliphatic heterocycles. The number of benzene rings is 2. The highest BCUT2D eigenvalue weighted by atomic mass is 35.5. The normalized spacial score (nSPS) is 15.6. The Morgan fingerprint density at radius 2 is 1.82 bits per heavy atom. The maximum Gasteiger partial charge on any atom is 0.355 e. The second-order valence-corrected chi connectivity index (χ2v) is 6.55. The number of nitrogens with zero attached hydrogens (tertiary/aromatic N) is 3. The molecule has 0 saturated carbocycles. The molecular formula is C20H15ClN4O3. The van der Waals surface area contributed by atoms with Crippen molar-refractivity contribution in [3.05, 3.63) is 88.3 Å². The van der Waals surface area contributed by atoms with E-state index in [2.05, 4.69) is 15.5 Å². The highest BCUT2D eigenvalue weighted by Gasteiger charge is 2.37. The van der Waals surface area contributed by atoms with Gasteiger partial charge in [-0.2, -0.15) is 0 Å². The Hall–Kier alpha value is -3.45. The van der Waals surface area contributed by atoms with Crippen LogP contribution in [0.5, 0.6) is 0 Å². The first-order valence-corrected chi connectivity index (χ1v) is 8.82. The third kappa shape index (κ3) is 3.05. The minimum absolute atomic E-state index is 0.0387. The number of ketones is 1. The molecular weight excluding hydrogens is 380 g/mol. The smallest absolute Gasteiger partial charge is 0.355 e. The second-order valence-electron chi connectivity index (χ2n) is 6.12. The maximum atomic E-state index is 13.5. The molecule has 0 amide bonds. The molecule has 0 bridgehead atoms. The van der Waals surface area contributed by atoms with Gasteiger partial charge in [-0.15, -0.1) is 10.2 Å². The number of methoxy groups -OCH3 is 1. The van der Waals surface area contributed by atoms with Gasteiger partial charge in [0.15, 0.2) is 5.78 Å². The monoisotopic (exact) mass is 394 g/mol. The van der Waals surface area contributed by atoms with E-state index in [1.807, 2.05) is 30.3 Å². The molecule has 3 aromatic rings. The van der Waals surface area contributed by atoms with Crippen LogP contribution in [0.4, 0.5) is 5.95 Å². The Morgan fingerprint density at radius 3 is 2.50 bits per heavy atom. The highest BCUT2D eigenvalue weighted by molar-refractivity contribution is 6.30. The molecule has 28 heavy (non-hydrogen) atoms. The summed E-state index contributed by atoms with van der Waals surface area (Å²) in [6.07, 6.45) is 1.52. The van der Waals surface area contributed by atoms with Gasteiger partial charge in [0.1, 0.15) is 12.0 Å². The number of esters is 1. The van der Waals surface area contributed by atoms with Gasteiger partial charge in [-0.05, 0) is 29.8 Å². The number of aromatic nitrogens is 3. The fraction of sp³-hybridized carbons (Fsp3) is 0.100. The molecule has 140 valence electrons. The van der Waals surface area contributed by atoms with Crippen molar-refractivity contribution in [3.63, 3.8) is 0 Å². The predicted octanol–water partition coefficient (Wildman–Crippen LogP) is 3.26. The van der Waals surface area contributed by atoms with E-state index >= 15 is 0 Å². The molecule has 2 aromatic carbocycles. The number of fused-ring (bicyclic) bond motifs is 1. The Labute approximate surface area is 165 Å². The van der Waals surface area contributed by atoms with E-state index in [9.17, 15) is 9.59 Å². The summed E-state index contributed by atoms with van der Waals surface area (Å²) >= 11 is 5.95. The average Bonchev–Trinajstić information content (AvgIpc) is 3.21. The molecule has 0 fully saturated rings. The standard InChI is InChI=1S/C20H15ClN4O3/c1-28-19(27)16-15(18(26)13-7-9-14(21)10-8-13)17(12-5-3-2-4-6-12)25-11-22-24-20(25)23-16/h2-11,17H,1H3,(H,23,24). The lowest BCUT2D eigenvalue weighted by Crippen LogP contribution is -2.32. The summed E-state index contributed by atoms with van der Waals surface area (Å²) < 4.78 is 6.62. The molecule has 8 heteroatoms. The third-order valence-electron chi connectivity index (χ3n) is 4.49. The van der Waals surface area contributed by atoms with Gasteiger partial charge in [0, 0.05) is 10.6 Å². The second kappa shape index (κ2) is 7.28. The van der Waals surface area contributed by atoms with Crippen molar-refractivity contribution >= 4 is 29.3 Å². The summed E-state index contributed by atoms with van der Waals surface area (Å²) in [5.74, 6) is -0.632. The fourth-order valence-corrected chi connectivity index (χ4v) is 3.32. The Bertz CT molecular complexity index is 1070. The average molecular weight is 395 g/mol. The summed E-state index contributed by atoms with van der Waals surface area (Å²) in [7, 11) is 1.26. The predicted molar refractivity (Wildman–Crippen MR) is 103 cm³/mol. The number of rotatable bonds is 4. The minimum Gasteiger partial charge on any atom is -0.464 e. The quantitative estimate of drug-likeness (QED) is 0.540. The van der Waals surface area contributed by atoms with Crippen molar-refractivity contribution in [1.29, 1.82) is 0 Å². The molecule has 1 aliphatic rings. The van der Waals surface area contributed by atoms with Gasteiger partial charge in [0.2, 0.25) is 5.95 Å². The topological polar surface area (TPSA) is 86.1 Å². The van der Waals surface area contributed by atoms with Gasteiger partial charge in [0.05, 0.1) is 18.7 Å². The first kappa shape index (κ1) is 17.9. The van der Waals surface area contributed by atoms with E-state index < -0.39 is 12.0 Å². The van der Waals surface area contributed by atoms with Gasteiger partial charge in [-0.25, -0.2) is 4.79 Å². The zero-order chi connectivity index (χ0) is 19.7. The van der Waals surface area contributed by atoms with Crippen LogP contribution in [0.2, 0.25) is 5.02 Å². The van der Waals surface area contributed by atoms with Crippen molar-refractivity contribution in [1.82, 2.24) is 14.8 Å². The Balaban J connectivity index is 1.94. The van der Waals surface area contributed by atoms with Crippen LogP contribution in [-0.2, 0) is 9.53 Å².